The summed E-state index contributed by atoms with van der Waals surface area (Å²) in [4.78, 5) is 32.2. The Morgan fingerprint density at radius 1 is 1.43 bits per heavy atom. The number of hydrogen-bond acceptors (Lipinski definition) is 7. The molecule has 0 amide bonds. The summed E-state index contributed by atoms with van der Waals surface area (Å²) in [5.74, 6) is 0.511. The Morgan fingerprint density at radius 2 is 2.29 bits per heavy atom. The van der Waals surface area contributed by atoms with E-state index < -0.39 is 0 Å². The van der Waals surface area contributed by atoms with Crippen molar-refractivity contribution in [1.82, 2.24) is 9.55 Å². The van der Waals surface area contributed by atoms with Crippen LogP contribution in [0, 0.1) is 5.92 Å². The Labute approximate surface area is 172 Å². The van der Waals surface area contributed by atoms with Gasteiger partial charge >= 0.3 is 5.97 Å². The van der Waals surface area contributed by atoms with Crippen molar-refractivity contribution in [3.05, 3.63) is 20.8 Å². The highest BCUT2D eigenvalue weighted by atomic mass is 32.2. The number of ether oxygens (including phenoxy) is 2. The standard InChI is InChI=1S/C20H26N2O4S2/c1-3-25-16(23)11-27-20-21-18-17(14-7-6-12(2)9-15(14)28-18)19(24)22(20)10-13-5-4-8-26-13/h12-13H,3-11H2,1-2H3/t12-,13-/m1/s1. The number of aryl methyl sites for hydroxylation is 1. The van der Waals surface area contributed by atoms with Crippen molar-refractivity contribution in [1.29, 1.82) is 0 Å². The maximum Gasteiger partial charge on any atom is 0.316 e. The van der Waals surface area contributed by atoms with Gasteiger partial charge < -0.3 is 9.47 Å². The lowest BCUT2D eigenvalue weighted by Crippen LogP contribution is -2.29. The SMILES string of the molecule is CCOC(=O)CSc1nc2sc3c(c2c(=O)n1C[C@H]1CCCO1)CC[C@@H](C)C3. The molecule has 0 spiro atoms. The highest BCUT2D eigenvalue weighted by Gasteiger charge is 2.26. The molecule has 0 bridgehead atoms. The molecule has 0 N–H and O–H groups in total. The lowest BCUT2D eigenvalue weighted by Gasteiger charge is -2.18. The van der Waals surface area contributed by atoms with E-state index in [1.54, 1.807) is 22.8 Å². The Hall–Kier alpha value is -1.38. The van der Waals surface area contributed by atoms with Gasteiger partial charge in [0.05, 0.1) is 30.4 Å². The van der Waals surface area contributed by atoms with Gasteiger partial charge in [0.2, 0.25) is 0 Å². The van der Waals surface area contributed by atoms with Crippen LogP contribution in [0.5, 0.6) is 0 Å². The minimum atomic E-state index is -0.287. The van der Waals surface area contributed by atoms with Gasteiger partial charge in [-0.05, 0) is 50.5 Å². The quantitative estimate of drug-likeness (QED) is 0.404. The molecule has 2 atom stereocenters. The molecule has 0 saturated carbocycles. The fourth-order valence-electron chi connectivity index (χ4n) is 3.99. The number of esters is 1. The lowest BCUT2D eigenvalue weighted by atomic mass is 9.89. The number of aromatic nitrogens is 2. The van der Waals surface area contributed by atoms with E-state index in [2.05, 4.69) is 6.92 Å². The molecule has 6 nitrogen and oxygen atoms in total. The van der Waals surface area contributed by atoms with Gasteiger partial charge in [-0.2, -0.15) is 0 Å². The number of carbonyl (C=O) groups excluding carboxylic acids is 1. The molecule has 4 rings (SSSR count). The van der Waals surface area contributed by atoms with E-state index in [0.29, 0.717) is 24.2 Å². The Morgan fingerprint density at radius 3 is 3.04 bits per heavy atom. The number of thiophene rings is 1. The van der Waals surface area contributed by atoms with Crippen LogP contribution >= 0.6 is 23.1 Å². The van der Waals surface area contributed by atoms with E-state index in [1.807, 2.05) is 0 Å². The number of thioether (sulfide) groups is 1. The van der Waals surface area contributed by atoms with Crippen molar-refractivity contribution >= 4 is 39.3 Å². The summed E-state index contributed by atoms with van der Waals surface area (Å²) in [7, 11) is 0. The van der Waals surface area contributed by atoms with Crippen LogP contribution in [-0.4, -0.2) is 40.6 Å². The fraction of sp³-hybridized carbons (Fsp3) is 0.650. The van der Waals surface area contributed by atoms with Crippen LogP contribution in [-0.2, 0) is 33.7 Å². The average molecular weight is 423 g/mol. The van der Waals surface area contributed by atoms with Crippen molar-refractivity contribution in [2.75, 3.05) is 19.0 Å². The normalized spacial score (nSPS) is 21.8. The summed E-state index contributed by atoms with van der Waals surface area (Å²) in [5.41, 5.74) is 1.21. The second kappa shape index (κ2) is 8.55. The Bertz CT molecular complexity index is 930. The van der Waals surface area contributed by atoms with Gasteiger partial charge in [0, 0.05) is 11.5 Å². The summed E-state index contributed by atoms with van der Waals surface area (Å²) < 4.78 is 12.5. The van der Waals surface area contributed by atoms with E-state index in [9.17, 15) is 9.59 Å². The number of rotatable bonds is 6. The van der Waals surface area contributed by atoms with Crippen molar-refractivity contribution < 1.29 is 14.3 Å². The van der Waals surface area contributed by atoms with Crippen molar-refractivity contribution in [3.63, 3.8) is 0 Å². The van der Waals surface area contributed by atoms with Crippen molar-refractivity contribution in [3.8, 4) is 0 Å². The van der Waals surface area contributed by atoms with Crippen molar-refractivity contribution in [2.45, 2.75) is 63.8 Å². The van der Waals surface area contributed by atoms with Crippen LogP contribution in [0.2, 0.25) is 0 Å². The molecule has 8 heteroatoms. The summed E-state index contributed by atoms with van der Waals surface area (Å²) in [6, 6.07) is 0. The topological polar surface area (TPSA) is 70.4 Å². The highest BCUT2D eigenvalue weighted by molar-refractivity contribution is 7.99. The third kappa shape index (κ3) is 4.00. The first-order valence-corrected chi connectivity index (χ1v) is 11.8. The molecule has 1 saturated heterocycles. The number of carbonyl (C=O) groups is 1. The van der Waals surface area contributed by atoms with Crippen LogP contribution < -0.4 is 5.56 Å². The zero-order valence-electron chi connectivity index (χ0n) is 16.4. The van der Waals surface area contributed by atoms with Crippen molar-refractivity contribution in [2.24, 2.45) is 5.92 Å². The first-order chi connectivity index (χ1) is 13.6. The van der Waals surface area contributed by atoms with Crippen LogP contribution in [0.25, 0.3) is 10.2 Å². The van der Waals surface area contributed by atoms with Crippen LogP contribution in [0.3, 0.4) is 0 Å². The smallest absolute Gasteiger partial charge is 0.316 e. The molecule has 0 radical (unpaired) electrons. The van der Waals surface area contributed by atoms with E-state index >= 15 is 0 Å². The molecule has 0 aromatic carbocycles. The predicted molar refractivity (Wildman–Crippen MR) is 111 cm³/mol. The molecule has 1 aliphatic carbocycles. The molecule has 152 valence electrons. The second-order valence-corrected chi connectivity index (χ2v) is 9.60. The Kier molecular flexibility index (Phi) is 6.08. The molecule has 1 fully saturated rings. The number of nitrogens with zero attached hydrogens (tertiary/aromatic N) is 2. The molecule has 2 aromatic heterocycles. The monoisotopic (exact) mass is 422 g/mol. The summed E-state index contributed by atoms with van der Waals surface area (Å²) in [5, 5.41) is 1.37. The molecule has 2 aromatic rings. The largest absolute Gasteiger partial charge is 0.465 e. The third-order valence-electron chi connectivity index (χ3n) is 5.41. The molecule has 2 aliphatic rings. The maximum atomic E-state index is 13.5. The predicted octanol–water partition coefficient (Wildman–Crippen LogP) is 3.42. The summed E-state index contributed by atoms with van der Waals surface area (Å²) in [6.07, 6.45) is 5.09. The molecule has 1 aliphatic heterocycles. The Balaban J connectivity index is 1.74. The van der Waals surface area contributed by atoms with Crippen LogP contribution in [0.15, 0.2) is 9.95 Å². The first kappa shape index (κ1) is 19.9. The summed E-state index contributed by atoms with van der Waals surface area (Å²) >= 11 is 2.92. The highest BCUT2D eigenvalue weighted by Crippen LogP contribution is 2.36. The van der Waals surface area contributed by atoms with Gasteiger partial charge in [0.15, 0.2) is 5.16 Å². The van der Waals surface area contributed by atoms with Crippen LogP contribution in [0.1, 0.15) is 43.6 Å². The molecular formula is C20H26N2O4S2. The van der Waals surface area contributed by atoms with Crippen LogP contribution in [0.4, 0.5) is 0 Å². The minimum Gasteiger partial charge on any atom is -0.465 e. The second-order valence-electron chi connectivity index (χ2n) is 7.57. The molecular weight excluding hydrogens is 396 g/mol. The first-order valence-electron chi connectivity index (χ1n) is 10.0. The molecule has 28 heavy (non-hydrogen) atoms. The zero-order valence-corrected chi connectivity index (χ0v) is 18.0. The summed E-state index contributed by atoms with van der Waals surface area (Å²) in [6.45, 7) is 5.64. The molecule has 0 unspecified atom stereocenters. The van der Waals surface area contributed by atoms with E-state index in [4.69, 9.17) is 14.5 Å². The lowest BCUT2D eigenvalue weighted by molar-refractivity contribution is -0.139. The number of hydrogen-bond donors (Lipinski definition) is 0. The molecule has 3 heterocycles. The van der Waals surface area contributed by atoms with Gasteiger partial charge in [0.1, 0.15) is 4.83 Å². The third-order valence-corrected chi connectivity index (χ3v) is 7.51. The van der Waals surface area contributed by atoms with E-state index in [-0.39, 0.29) is 23.4 Å². The van der Waals surface area contributed by atoms with E-state index in [1.165, 1.54) is 22.2 Å². The van der Waals surface area contributed by atoms with E-state index in [0.717, 1.165) is 48.9 Å². The zero-order chi connectivity index (χ0) is 19.7. The maximum absolute atomic E-state index is 13.5. The van der Waals surface area contributed by atoms with Gasteiger partial charge in [0.25, 0.3) is 5.56 Å². The van der Waals surface area contributed by atoms with Gasteiger partial charge in [-0.3, -0.25) is 14.2 Å². The minimum absolute atomic E-state index is 0.0129. The van der Waals surface area contributed by atoms with Gasteiger partial charge in [-0.15, -0.1) is 11.3 Å². The van der Waals surface area contributed by atoms with Gasteiger partial charge in [-0.25, -0.2) is 4.98 Å². The van der Waals surface area contributed by atoms with Gasteiger partial charge in [-0.1, -0.05) is 18.7 Å². The number of fused-ring (bicyclic) bond motifs is 3. The fourth-order valence-corrected chi connectivity index (χ4v) is 6.22. The average Bonchev–Trinajstić information content (AvgIpc) is 3.29.